The van der Waals surface area contributed by atoms with Gasteiger partial charge >= 0.3 is 0 Å². The Morgan fingerprint density at radius 1 is 0.759 bits per heavy atom. The van der Waals surface area contributed by atoms with Gasteiger partial charge in [-0.05, 0) is 62.0 Å². The van der Waals surface area contributed by atoms with Crippen molar-refractivity contribution in [1.29, 1.82) is 0 Å². The Bertz CT molecular complexity index is 760. The van der Waals surface area contributed by atoms with E-state index in [0.29, 0.717) is 0 Å². The van der Waals surface area contributed by atoms with E-state index < -0.39 is 0 Å². The first-order chi connectivity index (χ1) is 14.3. The molecule has 0 unspecified atom stereocenters. The Hall–Kier alpha value is -2.17. The summed E-state index contributed by atoms with van der Waals surface area (Å²) >= 11 is 0. The van der Waals surface area contributed by atoms with Gasteiger partial charge in [0.05, 0.1) is 0 Å². The molecule has 4 rings (SSSR count). The third kappa shape index (κ3) is 5.91. The van der Waals surface area contributed by atoms with Gasteiger partial charge in [-0.3, -0.25) is 14.6 Å². The summed E-state index contributed by atoms with van der Waals surface area (Å²) in [5, 5.41) is 3.24. The highest BCUT2D eigenvalue weighted by atomic mass is 16.1. The van der Waals surface area contributed by atoms with Crippen LogP contribution < -0.4 is 5.32 Å². The number of nitrogens with zero attached hydrogens (tertiary/aromatic N) is 2. The molecule has 2 saturated heterocycles. The molecule has 0 saturated carbocycles. The van der Waals surface area contributed by atoms with Crippen molar-refractivity contribution in [2.45, 2.75) is 51.2 Å². The maximum absolute atomic E-state index is 12.7. The lowest BCUT2D eigenvalue weighted by Crippen LogP contribution is -2.44. The van der Waals surface area contributed by atoms with Crippen LogP contribution in [-0.2, 0) is 13.1 Å². The molecule has 4 heteroatoms. The van der Waals surface area contributed by atoms with Crippen LogP contribution in [0.1, 0.15) is 53.6 Å². The monoisotopic (exact) mass is 391 g/mol. The number of benzene rings is 2. The first-order valence-electron chi connectivity index (χ1n) is 11.1. The molecule has 0 bridgehead atoms. The molecule has 2 aliphatic heterocycles. The summed E-state index contributed by atoms with van der Waals surface area (Å²) < 4.78 is 0. The fourth-order valence-electron chi connectivity index (χ4n) is 4.48. The quantitative estimate of drug-likeness (QED) is 0.806. The highest BCUT2D eigenvalue weighted by Gasteiger charge is 2.21. The molecule has 154 valence electrons. The third-order valence-electron chi connectivity index (χ3n) is 6.24. The molecule has 1 N–H and O–H groups in total. The first-order valence-corrected chi connectivity index (χ1v) is 11.1. The molecule has 0 aromatic heterocycles. The van der Waals surface area contributed by atoms with Crippen molar-refractivity contribution in [3.05, 3.63) is 71.3 Å². The number of hydrogen-bond donors (Lipinski definition) is 1. The summed E-state index contributed by atoms with van der Waals surface area (Å²) in [6.07, 6.45) is 6.02. The van der Waals surface area contributed by atoms with Crippen molar-refractivity contribution in [2.75, 3.05) is 26.2 Å². The fraction of sp³-hybridized carbons (Fsp3) is 0.480. The van der Waals surface area contributed by atoms with Gasteiger partial charge in [-0.15, -0.1) is 0 Å². The molecular formula is C25H33N3O. The summed E-state index contributed by atoms with van der Waals surface area (Å²) in [5.41, 5.74) is 3.44. The van der Waals surface area contributed by atoms with Gasteiger partial charge in [-0.25, -0.2) is 0 Å². The van der Waals surface area contributed by atoms with E-state index in [-0.39, 0.29) is 11.9 Å². The van der Waals surface area contributed by atoms with Gasteiger partial charge < -0.3 is 5.32 Å². The number of hydrogen-bond acceptors (Lipinski definition) is 3. The fourth-order valence-corrected chi connectivity index (χ4v) is 4.48. The number of nitrogens with one attached hydrogen (secondary N) is 1. The van der Waals surface area contributed by atoms with Crippen LogP contribution in [0.2, 0.25) is 0 Å². The molecule has 1 amide bonds. The van der Waals surface area contributed by atoms with Gasteiger partial charge in [0, 0.05) is 37.8 Å². The molecule has 4 nitrogen and oxygen atoms in total. The number of piperidine rings is 2. The second-order valence-electron chi connectivity index (χ2n) is 8.54. The van der Waals surface area contributed by atoms with Crippen LogP contribution in [0, 0.1) is 0 Å². The van der Waals surface area contributed by atoms with E-state index in [9.17, 15) is 4.79 Å². The van der Waals surface area contributed by atoms with E-state index in [2.05, 4.69) is 57.6 Å². The van der Waals surface area contributed by atoms with Crippen LogP contribution in [0.4, 0.5) is 0 Å². The van der Waals surface area contributed by atoms with Crippen molar-refractivity contribution >= 4 is 5.91 Å². The second-order valence-corrected chi connectivity index (χ2v) is 8.54. The molecule has 2 aromatic rings. The summed E-state index contributed by atoms with van der Waals surface area (Å²) in [6, 6.07) is 19.1. The minimum absolute atomic E-state index is 0.0658. The van der Waals surface area contributed by atoms with Crippen molar-refractivity contribution in [1.82, 2.24) is 15.1 Å². The topological polar surface area (TPSA) is 35.6 Å². The molecule has 29 heavy (non-hydrogen) atoms. The molecule has 0 aliphatic carbocycles. The highest BCUT2D eigenvalue weighted by molar-refractivity contribution is 5.94. The average molecular weight is 392 g/mol. The molecule has 2 aromatic carbocycles. The smallest absolute Gasteiger partial charge is 0.251 e. The van der Waals surface area contributed by atoms with Crippen molar-refractivity contribution in [3.63, 3.8) is 0 Å². The largest absolute Gasteiger partial charge is 0.349 e. The zero-order valence-corrected chi connectivity index (χ0v) is 17.4. The summed E-state index contributed by atoms with van der Waals surface area (Å²) in [6.45, 7) is 6.47. The van der Waals surface area contributed by atoms with Gasteiger partial charge in [0.25, 0.3) is 5.91 Å². The number of amides is 1. The van der Waals surface area contributed by atoms with Crippen LogP contribution in [0.25, 0.3) is 0 Å². The van der Waals surface area contributed by atoms with E-state index >= 15 is 0 Å². The maximum Gasteiger partial charge on any atom is 0.251 e. The number of rotatable bonds is 6. The van der Waals surface area contributed by atoms with Crippen molar-refractivity contribution < 1.29 is 4.79 Å². The van der Waals surface area contributed by atoms with Crippen LogP contribution in [0.5, 0.6) is 0 Å². The minimum Gasteiger partial charge on any atom is -0.349 e. The van der Waals surface area contributed by atoms with Crippen LogP contribution in [0.3, 0.4) is 0 Å². The van der Waals surface area contributed by atoms with Gasteiger partial charge in [-0.2, -0.15) is 0 Å². The minimum atomic E-state index is 0.0658. The molecule has 2 heterocycles. The molecule has 0 radical (unpaired) electrons. The molecule has 2 fully saturated rings. The molecular weight excluding hydrogens is 358 g/mol. The summed E-state index contributed by atoms with van der Waals surface area (Å²) in [7, 11) is 0. The van der Waals surface area contributed by atoms with Crippen LogP contribution in [-0.4, -0.2) is 47.9 Å². The molecule has 0 spiro atoms. The Morgan fingerprint density at radius 2 is 1.34 bits per heavy atom. The number of likely N-dealkylation sites (tertiary alicyclic amines) is 2. The number of carbonyl (C=O) groups is 1. The SMILES string of the molecule is O=C(NC1CCN(Cc2ccccc2)CC1)c1ccc(CN2CCCCC2)cc1. The summed E-state index contributed by atoms with van der Waals surface area (Å²) in [4.78, 5) is 17.6. The lowest BCUT2D eigenvalue weighted by molar-refractivity contribution is 0.0909. The Balaban J connectivity index is 1.22. The van der Waals surface area contributed by atoms with E-state index in [1.54, 1.807) is 0 Å². The van der Waals surface area contributed by atoms with Gasteiger partial charge in [0.1, 0.15) is 0 Å². The van der Waals surface area contributed by atoms with Gasteiger partial charge in [-0.1, -0.05) is 48.9 Å². The normalized spacial score (nSPS) is 19.2. The van der Waals surface area contributed by atoms with Crippen molar-refractivity contribution in [2.24, 2.45) is 0 Å². The standard InChI is InChI=1S/C25H33N3O/c29-25(23-11-9-22(10-12-23)20-27-15-5-2-6-16-27)26-24-13-17-28(18-14-24)19-21-7-3-1-4-8-21/h1,3-4,7-12,24H,2,5-6,13-20H2,(H,26,29). The van der Waals surface area contributed by atoms with E-state index in [0.717, 1.165) is 44.6 Å². The lowest BCUT2D eigenvalue weighted by atomic mass is 10.0. The second kappa shape index (κ2) is 10.0. The zero-order valence-electron chi connectivity index (χ0n) is 17.4. The van der Waals surface area contributed by atoms with Gasteiger partial charge in [0.2, 0.25) is 0 Å². The summed E-state index contributed by atoms with van der Waals surface area (Å²) in [5.74, 6) is 0.0658. The number of carbonyl (C=O) groups excluding carboxylic acids is 1. The van der Waals surface area contributed by atoms with Gasteiger partial charge in [0.15, 0.2) is 0 Å². The molecule has 0 atom stereocenters. The first kappa shape index (κ1) is 20.1. The highest BCUT2D eigenvalue weighted by Crippen LogP contribution is 2.16. The Morgan fingerprint density at radius 3 is 2.00 bits per heavy atom. The zero-order chi connectivity index (χ0) is 19.9. The average Bonchev–Trinajstić information content (AvgIpc) is 2.77. The lowest BCUT2D eigenvalue weighted by Gasteiger charge is -2.32. The van der Waals surface area contributed by atoms with E-state index in [1.165, 1.54) is 43.5 Å². The predicted molar refractivity (Wildman–Crippen MR) is 118 cm³/mol. The molecule has 2 aliphatic rings. The van der Waals surface area contributed by atoms with Crippen molar-refractivity contribution in [3.8, 4) is 0 Å². The van der Waals surface area contributed by atoms with Crippen LogP contribution in [0.15, 0.2) is 54.6 Å². The maximum atomic E-state index is 12.7. The van der Waals surface area contributed by atoms with Crippen LogP contribution >= 0.6 is 0 Å². The predicted octanol–water partition coefficient (Wildman–Crippen LogP) is 4.07. The third-order valence-corrected chi connectivity index (χ3v) is 6.24. The Kier molecular flexibility index (Phi) is 6.96. The Labute approximate surface area is 174 Å². The van der Waals surface area contributed by atoms with E-state index in [4.69, 9.17) is 0 Å². The van der Waals surface area contributed by atoms with E-state index in [1.807, 2.05) is 12.1 Å².